The molecule has 2 aromatic carbocycles. The summed E-state index contributed by atoms with van der Waals surface area (Å²) >= 11 is 0. The first-order chi connectivity index (χ1) is 18.4. The van der Waals surface area contributed by atoms with Crippen molar-refractivity contribution < 1.29 is 24.2 Å². The molecule has 212 valence electrons. The number of hydrogen-bond acceptors (Lipinski definition) is 4. The molecule has 0 aliphatic heterocycles. The van der Waals surface area contributed by atoms with E-state index in [9.17, 15) is 19.5 Å². The number of amides is 2. The SMILES string of the molecule is COc1ccc(C(Cc2ccc(NC(=O)C3CCCCC3)cc2)C(=O)O)cc1N(CC(C)C)C(=O)C(C)(C)C. The molecule has 7 heteroatoms. The van der Waals surface area contributed by atoms with Gasteiger partial charge < -0.3 is 20.1 Å². The van der Waals surface area contributed by atoms with Gasteiger partial charge in [-0.2, -0.15) is 0 Å². The fourth-order valence-electron chi connectivity index (χ4n) is 5.11. The topological polar surface area (TPSA) is 95.9 Å². The molecule has 1 fully saturated rings. The van der Waals surface area contributed by atoms with Gasteiger partial charge in [-0.05, 0) is 60.6 Å². The first kappa shape index (κ1) is 30.2. The van der Waals surface area contributed by atoms with Crippen LogP contribution in [0.15, 0.2) is 42.5 Å². The third-order valence-corrected chi connectivity index (χ3v) is 7.27. The number of ether oxygens (including phenoxy) is 1. The third-order valence-electron chi connectivity index (χ3n) is 7.27. The molecular formula is C32H44N2O5. The molecule has 7 nitrogen and oxygen atoms in total. The van der Waals surface area contributed by atoms with Gasteiger partial charge >= 0.3 is 5.97 Å². The van der Waals surface area contributed by atoms with Crippen molar-refractivity contribution >= 4 is 29.2 Å². The summed E-state index contributed by atoms with van der Waals surface area (Å²) in [5.41, 5.74) is 2.13. The van der Waals surface area contributed by atoms with Crippen LogP contribution in [-0.4, -0.2) is 36.5 Å². The summed E-state index contributed by atoms with van der Waals surface area (Å²) in [5.74, 6) is -0.950. The highest BCUT2D eigenvalue weighted by Crippen LogP contribution is 2.36. The molecule has 2 N–H and O–H groups in total. The van der Waals surface area contributed by atoms with Gasteiger partial charge in [0.1, 0.15) is 5.75 Å². The van der Waals surface area contributed by atoms with E-state index in [0.717, 1.165) is 36.9 Å². The number of benzene rings is 2. The first-order valence-corrected chi connectivity index (χ1v) is 14.0. The van der Waals surface area contributed by atoms with Gasteiger partial charge in [0.25, 0.3) is 0 Å². The van der Waals surface area contributed by atoms with E-state index in [1.54, 1.807) is 30.2 Å². The Kier molecular flexibility index (Phi) is 10.2. The number of carbonyl (C=O) groups is 3. The number of carbonyl (C=O) groups excluding carboxylic acids is 2. The molecule has 1 atom stereocenters. The van der Waals surface area contributed by atoms with Crippen molar-refractivity contribution in [3.8, 4) is 5.75 Å². The fraction of sp³-hybridized carbons (Fsp3) is 0.531. The summed E-state index contributed by atoms with van der Waals surface area (Å²) in [6, 6.07) is 12.7. The van der Waals surface area contributed by atoms with E-state index in [0.29, 0.717) is 23.5 Å². The summed E-state index contributed by atoms with van der Waals surface area (Å²) in [6.07, 6.45) is 5.53. The van der Waals surface area contributed by atoms with E-state index >= 15 is 0 Å². The zero-order valence-electron chi connectivity index (χ0n) is 24.3. The van der Waals surface area contributed by atoms with Crippen molar-refractivity contribution in [3.05, 3.63) is 53.6 Å². The van der Waals surface area contributed by atoms with E-state index in [2.05, 4.69) is 5.32 Å². The molecule has 1 aliphatic carbocycles. The van der Waals surface area contributed by atoms with Gasteiger partial charge in [-0.15, -0.1) is 0 Å². The van der Waals surface area contributed by atoms with Crippen LogP contribution in [0, 0.1) is 17.3 Å². The minimum Gasteiger partial charge on any atom is -0.495 e. The second-order valence-corrected chi connectivity index (χ2v) is 12.1. The molecular weight excluding hydrogens is 492 g/mol. The number of anilines is 2. The zero-order chi connectivity index (χ0) is 28.7. The Hall–Kier alpha value is -3.35. The Morgan fingerprint density at radius 3 is 2.21 bits per heavy atom. The summed E-state index contributed by atoms with van der Waals surface area (Å²) in [5, 5.41) is 13.2. The maximum absolute atomic E-state index is 13.4. The smallest absolute Gasteiger partial charge is 0.311 e. The summed E-state index contributed by atoms with van der Waals surface area (Å²) < 4.78 is 5.60. The predicted molar refractivity (Wildman–Crippen MR) is 155 cm³/mol. The van der Waals surface area contributed by atoms with Crippen LogP contribution in [0.3, 0.4) is 0 Å². The highest BCUT2D eigenvalue weighted by molar-refractivity contribution is 5.98. The molecule has 0 aromatic heterocycles. The molecule has 0 spiro atoms. The Morgan fingerprint density at radius 2 is 1.67 bits per heavy atom. The van der Waals surface area contributed by atoms with E-state index in [1.807, 2.05) is 58.9 Å². The maximum atomic E-state index is 13.4. The number of aliphatic carboxylic acids is 1. The van der Waals surface area contributed by atoms with E-state index in [-0.39, 0.29) is 30.1 Å². The van der Waals surface area contributed by atoms with Gasteiger partial charge in [0, 0.05) is 23.6 Å². The van der Waals surface area contributed by atoms with Crippen LogP contribution in [0.5, 0.6) is 5.75 Å². The number of carboxylic acid groups (broad SMARTS) is 1. The molecule has 2 amide bonds. The lowest BCUT2D eigenvalue weighted by Gasteiger charge is -2.32. The van der Waals surface area contributed by atoms with Gasteiger partial charge in [0.15, 0.2) is 0 Å². The van der Waals surface area contributed by atoms with E-state index in [4.69, 9.17) is 4.74 Å². The zero-order valence-corrected chi connectivity index (χ0v) is 24.3. The Balaban J connectivity index is 1.85. The number of nitrogens with zero attached hydrogens (tertiary/aromatic N) is 1. The van der Waals surface area contributed by atoms with Gasteiger partial charge in [-0.3, -0.25) is 14.4 Å². The van der Waals surface area contributed by atoms with Crippen LogP contribution in [0.2, 0.25) is 0 Å². The number of nitrogens with one attached hydrogen (secondary N) is 1. The lowest BCUT2D eigenvalue weighted by Crippen LogP contribution is -2.42. The number of rotatable bonds is 10. The lowest BCUT2D eigenvalue weighted by atomic mass is 9.88. The van der Waals surface area contributed by atoms with Crippen molar-refractivity contribution in [1.82, 2.24) is 0 Å². The second-order valence-electron chi connectivity index (χ2n) is 12.1. The van der Waals surface area contributed by atoms with Crippen molar-refractivity contribution in [3.63, 3.8) is 0 Å². The first-order valence-electron chi connectivity index (χ1n) is 14.0. The number of hydrogen-bond donors (Lipinski definition) is 2. The van der Waals surface area contributed by atoms with Crippen molar-refractivity contribution in [2.24, 2.45) is 17.3 Å². The standard InChI is InChI=1S/C32H44N2O5/c1-21(2)20-34(31(38)32(3,4)5)27-19-24(14-17-28(27)39-6)26(30(36)37)18-22-12-15-25(16-13-22)33-29(35)23-10-8-7-9-11-23/h12-17,19,21,23,26H,7-11,18,20H2,1-6H3,(H,33,35)(H,36,37). The van der Waals surface area contributed by atoms with Gasteiger partial charge in [0.05, 0.1) is 18.7 Å². The highest BCUT2D eigenvalue weighted by Gasteiger charge is 2.31. The van der Waals surface area contributed by atoms with Crippen LogP contribution in [0.25, 0.3) is 0 Å². The van der Waals surface area contributed by atoms with Crippen LogP contribution < -0.4 is 15.0 Å². The summed E-state index contributed by atoms with van der Waals surface area (Å²) in [6.45, 7) is 10.2. The second kappa shape index (κ2) is 13.1. The highest BCUT2D eigenvalue weighted by atomic mass is 16.5. The Morgan fingerprint density at radius 1 is 1.03 bits per heavy atom. The average Bonchev–Trinajstić information content (AvgIpc) is 2.90. The number of methoxy groups -OCH3 is 1. The van der Waals surface area contributed by atoms with Crippen molar-refractivity contribution in [1.29, 1.82) is 0 Å². The molecule has 3 rings (SSSR count). The third kappa shape index (κ3) is 8.07. The van der Waals surface area contributed by atoms with Crippen LogP contribution >= 0.6 is 0 Å². The molecule has 1 saturated carbocycles. The molecule has 0 bridgehead atoms. The Labute approximate surface area is 232 Å². The van der Waals surface area contributed by atoms with Gasteiger partial charge in [-0.25, -0.2) is 0 Å². The molecule has 1 aliphatic rings. The summed E-state index contributed by atoms with van der Waals surface area (Å²) in [7, 11) is 1.55. The molecule has 0 saturated heterocycles. The lowest BCUT2D eigenvalue weighted by molar-refractivity contribution is -0.138. The Bertz CT molecular complexity index is 1140. The van der Waals surface area contributed by atoms with Crippen molar-refractivity contribution in [2.75, 3.05) is 23.9 Å². The van der Waals surface area contributed by atoms with E-state index < -0.39 is 17.3 Å². The van der Waals surface area contributed by atoms with Crippen molar-refractivity contribution in [2.45, 2.75) is 79.1 Å². The quantitative estimate of drug-likeness (QED) is 0.354. The van der Waals surface area contributed by atoms with Gasteiger partial charge in [-0.1, -0.05) is 72.1 Å². The summed E-state index contributed by atoms with van der Waals surface area (Å²) in [4.78, 5) is 40.1. The van der Waals surface area contributed by atoms with Crippen LogP contribution in [-0.2, 0) is 20.8 Å². The predicted octanol–water partition coefficient (Wildman–Crippen LogP) is 6.66. The maximum Gasteiger partial charge on any atom is 0.311 e. The van der Waals surface area contributed by atoms with E-state index in [1.165, 1.54) is 6.42 Å². The average molecular weight is 537 g/mol. The minimum atomic E-state index is -0.946. The minimum absolute atomic E-state index is 0.0515. The molecule has 2 aromatic rings. The molecule has 0 heterocycles. The number of carboxylic acids is 1. The largest absolute Gasteiger partial charge is 0.495 e. The van der Waals surface area contributed by atoms with Gasteiger partial charge in [0.2, 0.25) is 11.8 Å². The van der Waals surface area contributed by atoms with Crippen LogP contribution in [0.4, 0.5) is 11.4 Å². The normalized spacial score (nSPS) is 15.1. The molecule has 39 heavy (non-hydrogen) atoms. The molecule has 1 unspecified atom stereocenters. The fourth-order valence-corrected chi connectivity index (χ4v) is 5.11. The van der Waals surface area contributed by atoms with Crippen LogP contribution in [0.1, 0.15) is 83.8 Å². The monoisotopic (exact) mass is 536 g/mol. The molecule has 0 radical (unpaired) electrons.